The molecule has 4 N–H and O–H groups in total. The number of pyridine rings is 1. The molecule has 0 saturated carbocycles. The van der Waals surface area contributed by atoms with Crippen molar-refractivity contribution in [2.45, 2.75) is 57.4 Å². The van der Waals surface area contributed by atoms with Crippen molar-refractivity contribution in [2.24, 2.45) is 13.0 Å². The van der Waals surface area contributed by atoms with E-state index in [1.165, 1.54) is 22.9 Å². The van der Waals surface area contributed by atoms with Crippen molar-refractivity contribution in [3.05, 3.63) is 101 Å². The van der Waals surface area contributed by atoms with Gasteiger partial charge in [-0.25, -0.2) is 32.2 Å². The van der Waals surface area contributed by atoms with Crippen LogP contribution in [-0.4, -0.2) is 60.1 Å². The number of aromatic amines is 1. The first kappa shape index (κ1) is 41.6. The summed E-state index contributed by atoms with van der Waals surface area (Å²) < 4.78 is 133. The van der Waals surface area contributed by atoms with Gasteiger partial charge in [-0.1, -0.05) is 37.3 Å². The molecule has 61 heavy (non-hydrogen) atoms. The number of para-hydroxylation sites is 1. The molecule has 2 aromatic carbocycles. The molecule has 14 nitrogen and oxygen atoms in total. The number of aromatic nitrogens is 8. The van der Waals surface area contributed by atoms with Gasteiger partial charge in [-0.05, 0) is 42.2 Å². The van der Waals surface area contributed by atoms with Crippen LogP contribution in [0.5, 0.6) is 0 Å². The second-order valence-electron chi connectivity index (χ2n) is 14.8. The van der Waals surface area contributed by atoms with E-state index in [1.807, 2.05) is 0 Å². The average Bonchev–Trinajstić information content (AvgIpc) is 3.99. The fourth-order valence-electron chi connectivity index (χ4n) is 7.71. The number of nitrogens with one attached hydrogen (secondary N) is 4. The van der Waals surface area contributed by atoms with E-state index in [2.05, 4.69) is 40.5 Å². The number of carbonyl (C=O) groups excluding carboxylic acids is 1. The summed E-state index contributed by atoms with van der Waals surface area (Å²) in [7, 11) is -2.22. The Morgan fingerprint density at radius 2 is 1.79 bits per heavy atom. The van der Waals surface area contributed by atoms with Gasteiger partial charge in [-0.2, -0.15) is 32.1 Å². The maximum Gasteiger partial charge on any atom is 0.435 e. The van der Waals surface area contributed by atoms with E-state index in [-0.39, 0.29) is 35.7 Å². The van der Waals surface area contributed by atoms with Crippen molar-refractivity contribution in [1.29, 1.82) is 0 Å². The number of carbonyl (C=O) groups is 1. The summed E-state index contributed by atoms with van der Waals surface area (Å²) in [4.78, 5) is 30.7. The van der Waals surface area contributed by atoms with Crippen LogP contribution >= 0.6 is 11.3 Å². The van der Waals surface area contributed by atoms with Gasteiger partial charge in [-0.15, -0.1) is 0 Å². The van der Waals surface area contributed by atoms with Crippen molar-refractivity contribution in [3.63, 3.8) is 0 Å². The van der Waals surface area contributed by atoms with Gasteiger partial charge < -0.3 is 15.6 Å². The van der Waals surface area contributed by atoms with Gasteiger partial charge in [-0.3, -0.25) is 18.9 Å². The van der Waals surface area contributed by atoms with Crippen molar-refractivity contribution in [2.75, 3.05) is 16.3 Å². The molecule has 0 fully saturated rings. The van der Waals surface area contributed by atoms with E-state index in [9.17, 15) is 35.2 Å². The van der Waals surface area contributed by atoms with Crippen LogP contribution in [0.2, 0.25) is 0 Å². The number of sulfonamides is 1. The fourth-order valence-corrected chi connectivity index (χ4v) is 9.06. The Balaban J connectivity index is 1.28. The van der Waals surface area contributed by atoms with E-state index in [0.717, 1.165) is 25.3 Å². The predicted molar refractivity (Wildman–Crippen MR) is 211 cm³/mol. The summed E-state index contributed by atoms with van der Waals surface area (Å²) in [6.45, 7) is 1.52. The Bertz CT molecular complexity index is 2930. The first-order valence-electron chi connectivity index (χ1n) is 18.5. The number of thiazole rings is 1. The summed E-state index contributed by atoms with van der Waals surface area (Å²) >= 11 is 1.21. The molecule has 0 saturated heterocycles. The lowest BCUT2D eigenvalue weighted by molar-refractivity contribution is -0.143. The zero-order valence-corrected chi connectivity index (χ0v) is 34.0. The molecular weight excluding hydrogens is 856 g/mol. The number of H-pyrrole nitrogens is 1. The second-order valence-corrected chi connectivity index (χ2v) is 17.5. The molecule has 1 aliphatic carbocycles. The molecular formula is C38H34F7N11O3S2. The fraction of sp³-hybridized carbons (Fsp3) is 0.316. The number of hydrogen-bond acceptors (Lipinski definition) is 10. The van der Waals surface area contributed by atoms with Crippen LogP contribution < -0.4 is 15.4 Å². The van der Waals surface area contributed by atoms with Gasteiger partial charge in [0.15, 0.2) is 22.3 Å². The van der Waals surface area contributed by atoms with Gasteiger partial charge in [0.2, 0.25) is 15.9 Å². The first-order valence-corrected chi connectivity index (χ1v) is 21.2. The molecule has 5 heterocycles. The van der Waals surface area contributed by atoms with E-state index < -0.39 is 81.0 Å². The Morgan fingerprint density at radius 1 is 1.05 bits per heavy atom. The van der Waals surface area contributed by atoms with Gasteiger partial charge in [0.25, 0.3) is 5.92 Å². The number of hydrogen-bond donors (Lipinski definition) is 4. The van der Waals surface area contributed by atoms with Crippen LogP contribution in [-0.2, 0) is 53.5 Å². The Kier molecular flexibility index (Phi) is 10.3. The van der Waals surface area contributed by atoms with Gasteiger partial charge in [0, 0.05) is 53.5 Å². The third-order valence-electron chi connectivity index (χ3n) is 10.5. The van der Waals surface area contributed by atoms with Gasteiger partial charge >= 0.3 is 6.18 Å². The molecule has 0 bridgehead atoms. The average molecular weight is 890 g/mol. The number of halogens is 7. The number of rotatable bonds is 12. The molecule has 5 aromatic heterocycles. The van der Waals surface area contributed by atoms with Crippen molar-refractivity contribution in [3.8, 4) is 11.1 Å². The number of fused-ring (bicyclic) bond motifs is 3. The molecule has 0 aliphatic heterocycles. The lowest BCUT2D eigenvalue weighted by Gasteiger charge is -2.23. The topological polar surface area (TPSA) is 177 Å². The third-order valence-corrected chi connectivity index (χ3v) is 12.0. The third kappa shape index (κ3) is 7.98. The van der Waals surface area contributed by atoms with E-state index in [0.29, 0.717) is 48.4 Å². The van der Waals surface area contributed by atoms with E-state index in [1.54, 1.807) is 43.7 Å². The summed E-state index contributed by atoms with van der Waals surface area (Å²) in [5.41, 5.74) is -1.90. The number of alkyl halides is 5. The standard InChI is InChI=1S/C38H34F7N11O3S2/c1-17-18(2)37(41,42)33-29(17)32(38(43,44)45)52-56(33)16-28(57)49-25(12-19-10-20(39)13-21(40)11-19)30-24(14-26-35(50-30)51-36(60-26)48-15-27-46-8-9-47-27)22-6-5-7-23-31(22)55(3)53-34(23)54-61(4,58)59/h5-11,13-14,17-18,25H,12,15-16H2,1-4H3,(H,46,47)(H,49,57)(H,53,54)(H,48,50,51)/t17-,18+,25-/m0/s1. The first-order chi connectivity index (χ1) is 28.7. The quantitative estimate of drug-likeness (QED) is 0.0912. The summed E-state index contributed by atoms with van der Waals surface area (Å²) in [6, 6.07) is 7.95. The Morgan fingerprint density at radius 3 is 2.46 bits per heavy atom. The molecule has 320 valence electrons. The van der Waals surface area contributed by atoms with Gasteiger partial charge in [0.1, 0.15) is 29.7 Å². The van der Waals surface area contributed by atoms with E-state index in [4.69, 9.17) is 4.98 Å². The molecule has 8 rings (SSSR count). The Hall–Kier alpha value is -6.10. The highest BCUT2D eigenvalue weighted by atomic mass is 32.2. The van der Waals surface area contributed by atoms with Crippen LogP contribution in [0.15, 0.2) is 54.9 Å². The highest BCUT2D eigenvalue weighted by Gasteiger charge is 2.57. The van der Waals surface area contributed by atoms with Crippen molar-refractivity contribution in [1.82, 2.24) is 44.8 Å². The summed E-state index contributed by atoms with van der Waals surface area (Å²) in [6.07, 6.45) is -1.29. The molecule has 1 aliphatic rings. The molecule has 0 radical (unpaired) electrons. The molecule has 7 aromatic rings. The lowest BCUT2D eigenvalue weighted by atomic mass is 9.94. The maximum absolute atomic E-state index is 15.7. The summed E-state index contributed by atoms with van der Waals surface area (Å²) in [5.74, 6) is -8.91. The lowest BCUT2D eigenvalue weighted by Crippen LogP contribution is -2.35. The van der Waals surface area contributed by atoms with E-state index >= 15 is 8.78 Å². The predicted octanol–water partition coefficient (Wildman–Crippen LogP) is 7.39. The van der Waals surface area contributed by atoms with Crippen LogP contribution in [0, 0.1) is 17.6 Å². The number of benzene rings is 2. The SMILES string of the molecule is C[C@@H]1c2c(C(F)(F)F)nn(CC(=O)N[C@@H](Cc3cc(F)cc(F)c3)c3nc4nc(NCc5ncc[nH]5)sc4cc3-c3cccc4c(NS(C)(=O)=O)nn(C)c34)c2C(F)(F)[C@@H]1C. The largest absolute Gasteiger partial charge is 0.435 e. The molecule has 23 heteroatoms. The number of imidazole rings is 1. The number of anilines is 2. The molecule has 1 amide bonds. The van der Waals surface area contributed by atoms with Crippen LogP contribution in [0.3, 0.4) is 0 Å². The normalized spacial score (nSPS) is 16.9. The minimum atomic E-state index is -5.11. The van der Waals surface area contributed by atoms with Crippen molar-refractivity contribution < 1.29 is 43.9 Å². The van der Waals surface area contributed by atoms with Crippen molar-refractivity contribution >= 4 is 59.5 Å². The zero-order valence-electron chi connectivity index (χ0n) is 32.4. The van der Waals surface area contributed by atoms with Crippen LogP contribution in [0.4, 0.5) is 41.7 Å². The zero-order chi connectivity index (χ0) is 43.8. The minimum Gasteiger partial charge on any atom is -0.354 e. The highest BCUT2D eigenvalue weighted by Crippen LogP contribution is 2.55. The Labute approximate surface area is 345 Å². The second kappa shape index (κ2) is 15.1. The monoisotopic (exact) mass is 889 g/mol. The number of amides is 1. The highest BCUT2D eigenvalue weighted by molar-refractivity contribution is 7.92. The number of aryl methyl sites for hydroxylation is 1. The number of nitrogens with zero attached hydrogens (tertiary/aromatic N) is 7. The van der Waals surface area contributed by atoms with Crippen LogP contribution in [0.1, 0.15) is 59.8 Å². The van der Waals surface area contributed by atoms with Gasteiger partial charge in [0.05, 0.1) is 34.8 Å². The smallest absolute Gasteiger partial charge is 0.354 e. The summed E-state index contributed by atoms with van der Waals surface area (Å²) in [5, 5.41) is 14.5. The molecule has 3 atom stereocenters. The minimum absolute atomic E-state index is 0.00477. The molecule has 0 unspecified atom stereocenters. The molecule has 0 spiro atoms. The maximum atomic E-state index is 15.7. The van der Waals surface area contributed by atoms with Crippen LogP contribution in [0.25, 0.3) is 32.4 Å².